The summed E-state index contributed by atoms with van der Waals surface area (Å²) in [6.45, 7) is 4.25. The minimum Gasteiger partial charge on any atom is -0.480 e. The number of carboxylic acid groups (broad SMARTS) is 1. The van der Waals surface area contributed by atoms with E-state index in [4.69, 9.17) is 15.6 Å². The highest BCUT2D eigenvalue weighted by Gasteiger charge is 2.32. The molecule has 6 heteroatoms. The van der Waals surface area contributed by atoms with Crippen LogP contribution in [0.4, 0.5) is 0 Å². The number of methoxy groups -OCH3 is 1. The van der Waals surface area contributed by atoms with Crippen LogP contribution in [-0.4, -0.2) is 43.3 Å². The van der Waals surface area contributed by atoms with Gasteiger partial charge in [-0.25, -0.2) is 4.79 Å². The van der Waals surface area contributed by atoms with Gasteiger partial charge >= 0.3 is 5.97 Å². The topological polar surface area (TPSA) is 102 Å². The van der Waals surface area contributed by atoms with Crippen LogP contribution in [0.2, 0.25) is 0 Å². The quantitative estimate of drug-likeness (QED) is 0.519. The van der Waals surface area contributed by atoms with E-state index >= 15 is 0 Å². The molecule has 0 radical (unpaired) electrons. The van der Waals surface area contributed by atoms with E-state index in [0.717, 1.165) is 0 Å². The van der Waals surface area contributed by atoms with Crippen LogP contribution >= 0.6 is 0 Å². The molecular formula is C12H24N2O4. The Bertz CT molecular complexity index is 277. The second kappa shape index (κ2) is 8.05. The molecule has 0 aliphatic rings. The number of aliphatic carboxylic acids is 1. The van der Waals surface area contributed by atoms with Crippen molar-refractivity contribution in [2.24, 2.45) is 11.1 Å². The molecule has 6 nitrogen and oxygen atoms in total. The normalized spacial score (nSPS) is 15.8. The van der Waals surface area contributed by atoms with Crippen molar-refractivity contribution in [3.05, 3.63) is 0 Å². The van der Waals surface area contributed by atoms with Crippen molar-refractivity contribution in [3.63, 3.8) is 0 Å². The van der Waals surface area contributed by atoms with Gasteiger partial charge < -0.3 is 20.9 Å². The van der Waals surface area contributed by atoms with Crippen molar-refractivity contribution in [1.82, 2.24) is 5.32 Å². The lowest BCUT2D eigenvalue weighted by Gasteiger charge is -2.27. The number of carboxylic acids is 1. The van der Waals surface area contributed by atoms with Gasteiger partial charge in [0, 0.05) is 20.3 Å². The number of nitrogens with two attached hydrogens (primary N) is 1. The lowest BCUT2D eigenvalue weighted by atomic mass is 9.86. The summed E-state index contributed by atoms with van der Waals surface area (Å²) in [5, 5.41) is 11.6. The number of hydrogen-bond donors (Lipinski definition) is 3. The van der Waals surface area contributed by atoms with Crippen LogP contribution in [0.1, 0.15) is 33.1 Å². The second-order valence-corrected chi connectivity index (χ2v) is 4.62. The Morgan fingerprint density at radius 3 is 2.50 bits per heavy atom. The average Bonchev–Trinajstić information content (AvgIpc) is 2.36. The first-order chi connectivity index (χ1) is 8.41. The summed E-state index contributed by atoms with van der Waals surface area (Å²) >= 11 is 0. The predicted octanol–water partition coefficient (Wildman–Crippen LogP) is 0.357. The van der Waals surface area contributed by atoms with E-state index in [1.807, 2.05) is 6.92 Å². The van der Waals surface area contributed by atoms with E-state index in [1.165, 1.54) is 0 Å². The van der Waals surface area contributed by atoms with Crippen LogP contribution in [0.15, 0.2) is 0 Å². The summed E-state index contributed by atoms with van der Waals surface area (Å²) < 4.78 is 4.86. The molecule has 0 rings (SSSR count). The van der Waals surface area contributed by atoms with E-state index < -0.39 is 17.4 Å². The summed E-state index contributed by atoms with van der Waals surface area (Å²) in [4.78, 5) is 23.0. The number of ether oxygens (including phenoxy) is 1. The highest BCUT2D eigenvalue weighted by Crippen LogP contribution is 2.19. The van der Waals surface area contributed by atoms with Gasteiger partial charge in [-0.1, -0.05) is 6.92 Å². The predicted molar refractivity (Wildman–Crippen MR) is 68.1 cm³/mol. The third kappa shape index (κ3) is 5.01. The molecule has 0 aromatic rings. The minimum atomic E-state index is -1.03. The summed E-state index contributed by atoms with van der Waals surface area (Å²) in [7, 11) is 1.55. The van der Waals surface area contributed by atoms with E-state index in [1.54, 1.807) is 14.0 Å². The number of rotatable bonds is 9. The Labute approximate surface area is 108 Å². The fraction of sp³-hybridized carbons (Fsp3) is 0.833. The maximum atomic E-state index is 12.0. The Morgan fingerprint density at radius 2 is 2.11 bits per heavy atom. The van der Waals surface area contributed by atoms with Crippen molar-refractivity contribution in [3.8, 4) is 0 Å². The van der Waals surface area contributed by atoms with Crippen molar-refractivity contribution in [2.45, 2.75) is 39.2 Å². The van der Waals surface area contributed by atoms with Crippen LogP contribution in [0.5, 0.6) is 0 Å². The number of nitrogens with one attached hydrogen (secondary N) is 1. The molecular weight excluding hydrogens is 236 g/mol. The molecule has 0 fully saturated rings. The third-order valence-electron chi connectivity index (χ3n) is 3.22. The molecule has 18 heavy (non-hydrogen) atoms. The SMILES string of the molecule is CCC(C)(CN)C(=O)NC(CCCOC)C(=O)O. The minimum absolute atomic E-state index is 0.194. The molecule has 0 bridgehead atoms. The van der Waals surface area contributed by atoms with Crippen LogP contribution in [0.3, 0.4) is 0 Å². The van der Waals surface area contributed by atoms with Crippen LogP contribution in [0.25, 0.3) is 0 Å². The Balaban J connectivity index is 4.49. The first-order valence-electron chi connectivity index (χ1n) is 6.14. The number of carbonyl (C=O) groups is 2. The van der Waals surface area contributed by atoms with Gasteiger partial charge in [-0.3, -0.25) is 4.79 Å². The second-order valence-electron chi connectivity index (χ2n) is 4.62. The summed E-state index contributed by atoms with van der Waals surface area (Å²) in [5.41, 5.74) is 4.85. The summed E-state index contributed by atoms with van der Waals surface area (Å²) in [5.74, 6) is -1.34. The maximum Gasteiger partial charge on any atom is 0.326 e. The van der Waals surface area contributed by atoms with E-state index in [-0.39, 0.29) is 12.5 Å². The largest absolute Gasteiger partial charge is 0.480 e. The molecule has 106 valence electrons. The molecule has 0 spiro atoms. The number of carbonyl (C=O) groups excluding carboxylic acids is 1. The lowest BCUT2D eigenvalue weighted by molar-refractivity contribution is -0.144. The molecule has 1 amide bonds. The van der Waals surface area contributed by atoms with Crippen molar-refractivity contribution in [1.29, 1.82) is 0 Å². The first kappa shape index (κ1) is 16.9. The molecule has 2 unspecified atom stereocenters. The molecule has 0 saturated heterocycles. The van der Waals surface area contributed by atoms with Crippen LogP contribution < -0.4 is 11.1 Å². The third-order valence-corrected chi connectivity index (χ3v) is 3.22. The molecule has 0 aromatic carbocycles. The van der Waals surface area contributed by atoms with Crippen molar-refractivity contribution < 1.29 is 19.4 Å². The maximum absolute atomic E-state index is 12.0. The van der Waals surface area contributed by atoms with Gasteiger partial charge in [0.2, 0.25) is 5.91 Å². The van der Waals surface area contributed by atoms with Gasteiger partial charge in [0.25, 0.3) is 0 Å². The summed E-state index contributed by atoms with van der Waals surface area (Å²) in [6, 6.07) is -0.884. The molecule has 0 aromatic heterocycles. The van der Waals surface area contributed by atoms with Gasteiger partial charge in [0.05, 0.1) is 5.41 Å². The van der Waals surface area contributed by atoms with Gasteiger partial charge in [-0.05, 0) is 26.2 Å². The van der Waals surface area contributed by atoms with Crippen molar-refractivity contribution >= 4 is 11.9 Å². The molecule has 0 heterocycles. The van der Waals surface area contributed by atoms with Gasteiger partial charge in [-0.15, -0.1) is 0 Å². The van der Waals surface area contributed by atoms with Crippen LogP contribution in [0, 0.1) is 5.41 Å². The van der Waals surface area contributed by atoms with E-state index in [2.05, 4.69) is 5.32 Å². The van der Waals surface area contributed by atoms with Gasteiger partial charge in [0.15, 0.2) is 0 Å². The Morgan fingerprint density at radius 1 is 1.50 bits per heavy atom. The zero-order chi connectivity index (χ0) is 14.2. The van der Waals surface area contributed by atoms with E-state index in [9.17, 15) is 9.59 Å². The first-order valence-corrected chi connectivity index (χ1v) is 6.14. The highest BCUT2D eigenvalue weighted by molar-refractivity contribution is 5.87. The highest BCUT2D eigenvalue weighted by atomic mass is 16.5. The zero-order valence-corrected chi connectivity index (χ0v) is 11.4. The molecule has 0 aliphatic carbocycles. The standard InChI is InChI=1S/C12H24N2O4/c1-4-12(2,8-13)11(17)14-9(10(15)16)6-5-7-18-3/h9H,4-8,13H2,1-3H3,(H,14,17)(H,15,16). The molecule has 4 N–H and O–H groups in total. The van der Waals surface area contributed by atoms with Crippen molar-refractivity contribution in [2.75, 3.05) is 20.3 Å². The van der Waals surface area contributed by atoms with Gasteiger partial charge in [0.1, 0.15) is 6.04 Å². The van der Waals surface area contributed by atoms with Crippen LogP contribution in [-0.2, 0) is 14.3 Å². The smallest absolute Gasteiger partial charge is 0.326 e. The molecule has 2 atom stereocenters. The van der Waals surface area contributed by atoms with Gasteiger partial charge in [-0.2, -0.15) is 0 Å². The fourth-order valence-electron chi connectivity index (χ4n) is 1.42. The molecule has 0 aliphatic heterocycles. The number of amides is 1. The Hall–Kier alpha value is -1.14. The van der Waals surface area contributed by atoms with E-state index in [0.29, 0.717) is 25.9 Å². The monoisotopic (exact) mass is 260 g/mol. The molecule has 0 saturated carbocycles. The number of hydrogen-bond acceptors (Lipinski definition) is 4. The Kier molecular flexibility index (Phi) is 7.54. The lowest BCUT2D eigenvalue weighted by Crippen LogP contribution is -2.50. The fourth-order valence-corrected chi connectivity index (χ4v) is 1.42. The summed E-state index contributed by atoms with van der Waals surface area (Å²) in [6.07, 6.45) is 1.50. The average molecular weight is 260 g/mol. The zero-order valence-electron chi connectivity index (χ0n) is 11.4.